The maximum absolute atomic E-state index is 11.1. The van der Waals surface area contributed by atoms with Gasteiger partial charge in [-0.2, -0.15) is 0 Å². The van der Waals surface area contributed by atoms with Crippen molar-refractivity contribution in [2.75, 3.05) is 0 Å². The van der Waals surface area contributed by atoms with Gasteiger partial charge in [0.25, 0.3) is 5.69 Å². The number of rotatable bonds is 3. The molecule has 0 N–H and O–H groups in total. The van der Waals surface area contributed by atoms with Gasteiger partial charge in [0.1, 0.15) is 5.01 Å². The van der Waals surface area contributed by atoms with E-state index in [1.807, 2.05) is 36.6 Å². The molecule has 0 aliphatic rings. The van der Waals surface area contributed by atoms with Crippen LogP contribution in [0.5, 0.6) is 0 Å². The van der Waals surface area contributed by atoms with Gasteiger partial charge < -0.3 is 0 Å². The summed E-state index contributed by atoms with van der Waals surface area (Å²) >= 11 is 1.54. The fourth-order valence-corrected chi connectivity index (χ4v) is 3.11. The molecule has 3 aromatic rings. The van der Waals surface area contributed by atoms with E-state index >= 15 is 0 Å². The van der Waals surface area contributed by atoms with E-state index in [4.69, 9.17) is 0 Å². The molecule has 0 bridgehead atoms. The highest BCUT2D eigenvalue weighted by Gasteiger charge is 2.14. The molecule has 22 heavy (non-hydrogen) atoms. The Morgan fingerprint density at radius 2 is 1.91 bits per heavy atom. The Morgan fingerprint density at radius 1 is 1.09 bits per heavy atom. The van der Waals surface area contributed by atoms with Crippen LogP contribution in [0.3, 0.4) is 0 Å². The van der Waals surface area contributed by atoms with Gasteiger partial charge in [0.2, 0.25) is 0 Å². The molecule has 0 saturated carbocycles. The molecule has 0 radical (unpaired) electrons. The van der Waals surface area contributed by atoms with Crippen LogP contribution in [0.4, 0.5) is 5.69 Å². The summed E-state index contributed by atoms with van der Waals surface area (Å²) in [5.74, 6) is 0. The second kappa shape index (κ2) is 5.69. The van der Waals surface area contributed by atoms with E-state index in [2.05, 4.69) is 11.1 Å². The highest BCUT2D eigenvalue weighted by Crippen LogP contribution is 2.31. The second-order valence-electron chi connectivity index (χ2n) is 5.17. The molecule has 0 fully saturated rings. The van der Waals surface area contributed by atoms with Crippen molar-refractivity contribution in [1.82, 2.24) is 4.98 Å². The van der Waals surface area contributed by atoms with Crippen molar-refractivity contribution in [3.8, 4) is 21.8 Å². The zero-order valence-electron chi connectivity index (χ0n) is 12.2. The first-order valence-electron chi connectivity index (χ1n) is 6.82. The topological polar surface area (TPSA) is 56.0 Å². The second-order valence-corrected chi connectivity index (χ2v) is 6.02. The summed E-state index contributed by atoms with van der Waals surface area (Å²) in [6.07, 6.45) is 0. The predicted molar refractivity (Wildman–Crippen MR) is 89.1 cm³/mol. The lowest BCUT2D eigenvalue weighted by atomic mass is 10.1. The van der Waals surface area contributed by atoms with E-state index in [1.54, 1.807) is 30.4 Å². The van der Waals surface area contributed by atoms with Gasteiger partial charge in [-0.05, 0) is 19.9 Å². The Bertz CT molecular complexity index is 855. The smallest absolute Gasteiger partial charge is 0.258 e. The highest BCUT2D eigenvalue weighted by atomic mass is 32.1. The first-order valence-corrected chi connectivity index (χ1v) is 7.70. The average Bonchev–Trinajstić information content (AvgIpc) is 2.97. The van der Waals surface area contributed by atoms with Crippen molar-refractivity contribution in [2.24, 2.45) is 0 Å². The minimum atomic E-state index is -0.354. The number of hydrogen-bond acceptors (Lipinski definition) is 4. The number of nitro groups is 1. The monoisotopic (exact) mass is 310 g/mol. The van der Waals surface area contributed by atoms with Crippen LogP contribution in [0.15, 0.2) is 47.8 Å². The maximum atomic E-state index is 11.1. The largest absolute Gasteiger partial charge is 0.272 e. The van der Waals surface area contributed by atoms with Gasteiger partial charge in [-0.3, -0.25) is 10.1 Å². The van der Waals surface area contributed by atoms with Crippen LogP contribution in [0.2, 0.25) is 0 Å². The van der Waals surface area contributed by atoms with E-state index in [9.17, 15) is 10.1 Å². The van der Waals surface area contributed by atoms with E-state index < -0.39 is 0 Å². The van der Waals surface area contributed by atoms with E-state index in [0.717, 1.165) is 21.8 Å². The fourth-order valence-electron chi connectivity index (χ4n) is 2.28. The van der Waals surface area contributed by atoms with Gasteiger partial charge in [-0.25, -0.2) is 4.98 Å². The number of aryl methyl sites for hydroxylation is 2. The Labute approximate surface area is 132 Å². The van der Waals surface area contributed by atoms with Crippen LogP contribution in [-0.2, 0) is 0 Å². The van der Waals surface area contributed by atoms with Crippen molar-refractivity contribution in [3.63, 3.8) is 0 Å². The summed E-state index contributed by atoms with van der Waals surface area (Å²) < 4.78 is 0. The molecule has 0 aliphatic heterocycles. The average molecular weight is 310 g/mol. The molecule has 0 saturated heterocycles. The Kier molecular flexibility index (Phi) is 3.73. The van der Waals surface area contributed by atoms with Crippen LogP contribution in [0.25, 0.3) is 21.8 Å². The third-order valence-corrected chi connectivity index (χ3v) is 4.36. The molecule has 0 unspecified atom stereocenters. The predicted octanol–water partition coefficient (Wildman–Crippen LogP) is 5.00. The fraction of sp³-hybridized carbons (Fsp3) is 0.118. The lowest BCUT2D eigenvalue weighted by Gasteiger charge is -2.01. The van der Waals surface area contributed by atoms with Gasteiger partial charge in [-0.15, -0.1) is 11.3 Å². The summed E-state index contributed by atoms with van der Waals surface area (Å²) in [6, 6.07) is 13.4. The van der Waals surface area contributed by atoms with Crippen molar-refractivity contribution in [3.05, 3.63) is 69.1 Å². The van der Waals surface area contributed by atoms with Crippen LogP contribution < -0.4 is 0 Å². The Morgan fingerprint density at radius 3 is 2.64 bits per heavy atom. The number of benzene rings is 2. The molecule has 0 spiro atoms. The molecule has 2 aromatic carbocycles. The van der Waals surface area contributed by atoms with Gasteiger partial charge in [-0.1, -0.05) is 35.9 Å². The summed E-state index contributed by atoms with van der Waals surface area (Å²) in [7, 11) is 0. The summed E-state index contributed by atoms with van der Waals surface area (Å²) in [5.41, 5.74) is 4.57. The van der Waals surface area contributed by atoms with Crippen LogP contribution in [0, 0.1) is 24.0 Å². The normalized spacial score (nSPS) is 10.6. The Balaban J connectivity index is 2.01. The molecule has 4 nitrogen and oxygen atoms in total. The number of nitro benzene ring substituents is 1. The van der Waals surface area contributed by atoms with Gasteiger partial charge >= 0.3 is 0 Å². The quantitative estimate of drug-likeness (QED) is 0.505. The zero-order valence-corrected chi connectivity index (χ0v) is 13.1. The Hall–Kier alpha value is -2.53. The lowest BCUT2D eigenvalue weighted by molar-refractivity contribution is -0.385. The van der Waals surface area contributed by atoms with E-state index in [1.165, 1.54) is 5.56 Å². The minimum Gasteiger partial charge on any atom is -0.258 e. The van der Waals surface area contributed by atoms with Crippen molar-refractivity contribution < 1.29 is 4.92 Å². The first-order chi connectivity index (χ1) is 10.5. The minimum absolute atomic E-state index is 0.127. The maximum Gasteiger partial charge on any atom is 0.272 e. The van der Waals surface area contributed by atoms with Crippen molar-refractivity contribution in [2.45, 2.75) is 13.8 Å². The third kappa shape index (κ3) is 2.76. The number of aromatic nitrogens is 1. The van der Waals surface area contributed by atoms with E-state index in [0.29, 0.717) is 5.56 Å². The number of nitrogens with zero attached hydrogens (tertiary/aromatic N) is 2. The molecule has 0 amide bonds. The van der Waals surface area contributed by atoms with Gasteiger partial charge in [0.05, 0.1) is 10.6 Å². The third-order valence-electron chi connectivity index (χ3n) is 3.47. The van der Waals surface area contributed by atoms with Gasteiger partial charge in [0, 0.05) is 28.1 Å². The van der Waals surface area contributed by atoms with Crippen LogP contribution in [-0.4, -0.2) is 9.91 Å². The molecule has 0 atom stereocenters. The molecular formula is C17H14N2O2S. The zero-order chi connectivity index (χ0) is 15.7. The number of thiazole rings is 1. The standard InChI is InChI=1S/C17H14N2O2S/c1-11-4-3-5-14(8-11)17-18-15(10-22-17)13-7-6-12(2)16(9-13)19(20)21/h3-10H,1-2H3. The molecule has 1 heterocycles. The molecule has 5 heteroatoms. The van der Waals surface area contributed by atoms with Crippen LogP contribution >= 0.6 is 11.3 Å². The summed E-state index contributed by atoms with van der Waals surface area (Å²) in [4.78, 5) is 15.3. The SMILES string of the molecule is Cc1cccc(-c2nc(-c3ccc(C)c([N+](=O)[O-])c3)cs2)c1. The lowest BCUT2D eigenvalue weighted by Crippen LogP contribution is -1.92. The van der Waals surface area contributed by atoms with E-state index in [-0.39, 0.29) is 10.6 Å². The van der Waals surface area contributed by atoms with Crippen LogP contribution in [0.1, 0.15) is 11.1 Å². The molecule has 1 aromatic heterocycles. The van der Waals surface area contributed by atoms with Crippen molar-refractivity contribution >= 4 is 17.0 Å². The molecule has 0 aliphatic carbocycles. The molecule has 110 valence electrons. The van der Waals surface area contributed by atoms with Gasteiger partial charge in [0.15, 0.2) is 0 Å². The number of hydrogen-bond donors (Lipinski definition) is 0. The summed E-state index contributed by atoms with van der Waals surface area (Å²) in [6.45, 7) is 3.78. The molecule has 3 rings (SSSR count). The van der Waals surface area contributed by atoms with Crippen molar-refractivity contribution in [1.29, 1.82) is 0 Å². The molecular weight excluding hydrogens is 296 g/mol. The summed E-state index contributed by atoms with van der Waals surface area (Å²) in [5, 5.41) is 13.9. The highest BCUT2D eigenvalue weighted by molar-refractivity contribution is 7.13. The first kappa shape index (κ1) is 14.4.